The Hall–Kier alpha value is -2.65. The molecule has 1 saturated heterocycles. The molecule has 1 amide bonds. The Labute approximate surface area is 196 Å². The number of unbranched alkanes of at least 4 members (excludes halogenated alkanes) is 1. The van der Waals surface area contributed by atoms with Crippen LogP contribution < -0.4 is 14.8 Å². The zero-order valence-corrected chi connectivity index (χ0v) is 20.4. The van der Waals surface area contributed by atoms with Crippen molar-refractivity contribution in [3.8, 4) is 11.6 Å². The van der Waals surface area contributed by atoms with Crippen molar-refractivity contribution in [1.82, 2.24) is 14.6 Å². The van der Waals surface area contributed by atoms with Crippen LogP contribution in [0, 0.1) is 0 Å². The molecule has 0 aliphatic carbocycles. The number of amides is 1. The van der Waals surface area contributed by atoms with Gasteiger partial charge in [-0.2, -0.15) is 4.31 Å². The molecule has 1 fully saturated rings. The Morgan fingerprint density at radius 3 is 2.82 bits per heavy atom. The molecule has 1 N–H and O–H groups in total. The molecular formula is C24H33N3O5S. The van der Waals surface area contributed by atoms with Crippen LogP contribution in [-0.2, 0) is 16.6 Å². The molecule has 3 rings (SSSR count). The van der Waals surface area contributed by atoms with Crippen LogP contribution in [0.3, 0.4) is 0 Å². The summed E-state index contributed by atoms with van der Waals surface area (Å²) >= 11 is 0. The van der Waals surface area contributed by atoms with Crippen LogP contribution in [0.2, 0.25) is 0 Å². The maximum absolute atomic E-state index is 13.4. The highest BCUT2D eigenvalue weighted by Crippen LogP contribution is 2.31. The third-order valence-corrected chi connectivity index (χ3v) is 7.82. The first-order valence-corrected chi connectivity index (χ1v) is 12.9. The molecule has 9 heteroatoms. The molecule has 2 heterocycles. The summed E-state index contributed by atoms with van der Waals surface area (Å²) in [5.41, 5.74) is 1.00. The molecule has 1 unspecified atom stereocenters. The first kappa shape index (κ1) is 25.0. The minimum absolute atomic E-state index is 0.0105. The van der Waals surface area contributed by atoms with Crippen LogP contribution in [0.1, 0.15) is 61.9 Å². The lowest BCUT2D eigenvalue weighted by Crippen LogP contribution is -2.42. The van der Waals surface area contributed by atoms with Gasteiger partial charge in [0.25, 0.3) is 5.91 Å². The number of benzene rings is 1. The van der Waals surface area contributed by atoms with Crippen molar-refractivity contribution in [3.05, 3.63) is 47.7 Å². The van der Waals surface area contributed by atoms with Crippen molar-refractivity contribution in [1.29, 1.82) is 0 Å². The van der Waals surface area contributed by atoms with Gasteiger partial charge in [0.1, 0.15) is 10.6 Å². The highest BCUT2D eigenvalue weighted by Gasteiger charge is 2.33. The van der Waals surface area contributed by atoms with E-state index in [-0.39, 0.29) is 34.7 Å². The van der Waals surface area contributed by atoms with E-state index in [0.717, 1.165) is 37.7 Å². The van der Waals surface area contributed by atoms with Gasteiger partial charge in [-0.05, 0) is 50.5 Å². The Morgan fingerprint density at radius 2 is 2.09 bits per heavy atom. The second-order valence-electron chi connectivity index (χ2n) is 8.18. The first-order valence-electron chi connectivity index (χ1n) is 11.4. The van der Waals surface area contributed by atoms with E-state index in [2.05, 4.69) is 17.2 Å². The van der Waals surface area contributed by atoms with Gasteiger partial charge in [-0.15, -0.1) is 0 Å². The maximum atomic E-state index is 13.4. The van der Waals surface area contributed by atoms with Crippen LogP contribution in [0.25, 0.3) is 0 Å². The summed E-state index contributed by atoms with van der Waals surface area (Å²) in [6, 6.07) is 8.02. The van der Waals surface area contributed by atoms with Gasteiger partial charge in [0.15, 0.2) is 0 Å². The van der Waals surface area contributed by atoms with Crippen LogP contribution >= 0.6 is 0 Å². The smallest absolute Gasteiger partial charge is 0.251 e. The SMILES string of the molecule is CCCCOc1ncccc1CNC(=O)c1ccc(OC)c(S(=O)(=O)N2CCCCC2C)c1. The van der Waals surface area contributed by atoms with Crippen molar-refractivity contribution < 1.29 is 22.7 Å². The van der Waals surface area contributed by atoms with Gasteiger partial charge in [0, 0.05) is 36.5 Å². The van der Waals surface area contributed by atoms with E-state index in [0.29, 0.717) is 19.0 Å². The van der Waals surface area contributed by atoms with E-state index in [1.54, 1.807) is 18.3 Å². The second-order valence-corrected chi connectivity index (χ2v) is 10.0. The number of sulfonamides is 1. The van der Waals surface area contributed by atoms with Crippen LogP contribution in [0.5, 0.6) is 11.6 Å². The summed E-state index contributed by atoms with van der Waals surface area (Å²) in [6.45, 7) is 5.23. The molecule has 1 aromatic heterocycles. The number of pyridine rings is 1. The van der Waals surface area contributed by atoms with Gasteiger partial charge in [-0.25, -0.2) is 13.4 Å². The monoisotopic (exact) mass is 475 g/mol. The average Bonchev–Trinajstić information content (AvgIpc) is 2.83. The topological polar surface area (TPSA) is 97.8 Å². The Bertz CT molecular complexity index is 1060. The number of carbonyl (C=O) groups excluding carboxylic acids is 1. The molecule has 1 aromatic carbocycles. The van der Waals surface area contributed by atoms with Crippen molar-refractivity contribution in [2.75, 3.05) is 20.3 Å². The summed E-state index contributed by atoms with van der Waals surface area (Å²) in [7, 11) is -2.37. The molecule has 0 radical (unpaired) electrons. The minimum Gasteiger partial charge on any atom is -0.495 e. The third kappa shape index (κ3) is 6.03. The van der Waals surface area contributed by atoms with Gasteiger partial charge in [0.05, 0.1) is 13.7 Å². The Morgan fingerprint density at radius 1 is 1.27 bits per heavy atom. The van der Waals surface area contributed by atoms with E-state index >= 15 is 0 Å². The van der Waals surface area contributed by atoms with E-state index in [9.17, 15) is 13.2 Å². The van der Waals surface area contributed by atoms with Crippen molar-refractivity contribution in [2.24, 2.45) is 0 Å². The molecule has 2 aromatic rings. The van der Waals surface area contributed by atoms with Gasteiger partial charge in [-0.3, -0.25) is 4.79 Å². The first-order chi connectivity index (χ1) is 15.9. The van der Waals surface area contributed by atoms with Crippen LogP contribution in [0.4, 0.5) is 0 Å². The van der Waals surface area contributed by atoms with E-state index in [1.807, 2.05) is 13.0 Å². The van der Waals surface area contributed by atoms with Crippen LogP contribution in [-0.4, -0.2) is 49.9 Å². The molecule has 1 aliphatic rings. The molecular weight excluding hydrogens is 442 g/mol. The molecule has 0 spiro atoms. The zero-order valence-electron chi connectivity index (χ0n) is 19.5. The van der Waals surface area contributed by atoms with Gasteiger partial charge < -0.3 is 14.8 Å². The van der Waals surface area contributed by atoms with E-state index in [1.165, 1.54) is 23.5 Å². The number of methoxy groups -OCH3 is 1. The number of nitrogens with one attached hydrogen (secondary N) is 1. The number of aromatic nitrogens is 1. The summed E-state index contributed by atoms with van der Waals surface area (Å²) < 4.78 is 39.3. The number of hydrogen-bond acceptors (Lipinski definition) is 6. The van der Waals surface area contributed by atoms with Crippen molar-refractivity contribution >= 4 is 15.9 Å². The summed E-state index contributed by atoms with van der Waals surface area (Å²) in [5.74, 6) is 0.329. The lowest BCUT2D eigenvalue weighted by molar-refractivity contribution is 0.0950. The highest BCUT2D eigenvalue weighted by atomic mass is 32.2. The second kappa shape index (κ2) is 11.5. The molecule has 8 nitrogen and oxygen atoms in total. The number of hydrogen-bond donors (Lipinski definition) is 1. The highest BCUT2D eigenvalue weighted by molar-refractivity contribution is 7.89. The number of carbonyl (C=O) groups is 1. The zero-order chi connectivity index (χ0) is 23.8. The Kier molecular flexibility index (Phi) is 8.68. The maximum Gasteiger partial charge on any atom is 0.251 e. The molecule has 1 atom stereocenters. The predicted molar refractivity (Wildman–Crippen MR) is 126 cm³/mol. The largest absolute Gasteiger partial charge is 0.495 e. The van der Waals surface area contributed by atoms with Gasteiger partial charge in [-0.1, -0.05) is 25.8 Å². The molecule has 0 bridgehead atoms. The van der Waals surface area contributed by atoms with E-state index < -0.39 is 10.0 Å². The quantitative estimate of drug-likeness (QED) is 0.526. The molecule has 33 heavy (non-hydrogen) atoms. The number of nitrogens with zero attached hydrogens (tertiary/aromatic N) is 2. The summed E-state index contributed by atoms with van der Waals surface area (Å²) in [6.07, 6.45) is 6.22. The number of rotatable bonds is 10. The average molecular weight is 476 g/mol. The van der Waals surface area contributed by atoms with Gasteiger partial charge in [0.2, 0.25) is 15.9 Å². The fourth-order valence-corrected chi connectivity index (χ4v) is 5.74. The summed E-state index contributed by atoms with van der Waals surface area (Å²) in [4.78, 5) is 17.2. The fraction of sp³-hybridized carbons (Fsp3) is 0.500. The lowest BCUT2D eigenvalue weighted by atomic mass is 10.1. The van der Waals surface area contributed by atoms with Crippen LogP contribution in [0.15, 0.2) is 41.4 Å². The van der Waals surface area contributed by atoms with Gasteiger partial charge >= 0.3 is 0 Å². The minimum atomic E-state index is -3.80. The fourth-order valence-electron chi connectivity index (χ4n) is 3.85. The normalized spacial score (nSPS) is 16.9. The summed E-state index contributed by atoms with van der Waals surface area (Å²) in [5, 5.41) is 2.84. The van der Waals surface area contributed by atoms with E-state index in [4.69, 9.17) is 9.47 Å². The standard InChI is InChI=1S/C24H33N3O5S/c1-4-5-15-32-24-20(10-8-13-25-24)17-26-23(28)19-11-12-21(31-3)22(16-19)33(29,30)27-14-7-6-9-18(27)2/h8,10-13,16,18H,4-7,9,14-15,17H2,1-3H3,(H,26,28). The predicted octanol–water partition coefficient (Wildman–Crippen LogP) is 3.76. The third-order valence-electron chi connectivity index (χ3n) is 5.78. The molecule has 180 valence electrons. The lowest BCUT2D eigenvalue weighted by Gasteiger charge is -2.32. The molecule has 1 aliphatic heterocycles. The van der Waals surface area contributed by atoms with Crippen molar-refractivity contribution in [3.63, 3.8) is 0 Å². The molecule has 0 saturated carbocycles. The number of piperidine rings is 1. The Balaban J connectivity index is 1.79. The van der Waals surface area contributed by atoms with Crippen molar-refractivity contribution in [2.45, 2.75) is 63.4 Å². The number of ether oxygens (including phenoxy) is 2.